The van der Waals surface area contributed by atoms with E-state index in [1.54, 1.807) is 0 Å². The van der Waals surface area contributed by atoms with Gasteiger partial charge in [-0.15, -0.1) is 0 Å². The van der Waals surface area contributed by atoms with Crippen LogP contribution in [0.5, 0.6) is 0 Å². The topological polar surface area (TPSA) is 67.6 Å². The van der Waals surface area contributed by atoms with Gasteiger partial charge in [0.1, 0.15) is 6.61 Å². The van der Waals surface area contributed by atoms with Crippen LogP contribution in [0, 0.1) is 0 Å². The number of nitrogens with two attached hydrogens (primary N) is 1. The zero-order valence-electron chi connectivity index (χ0n) is 12.1. The van der Waals surface area contributed by atoms with Crippen molar-refractivity contribution >= 4 is 23.1 Å². The predicted octanol–water partition coefficient (Wildman–Crippen LogP) is 0.668. The van der Waals surface area contributed by atoms with Gasteiger partial charge in [0.15, 0.2) is 0 Å². The second-order valence-corrected chi connectivity index (χ2v) is 6.51. The summed E-state index contributed by atoms with van der Waals surface area (Å²) in [6.07, 6.45) is 1.87. The molecule has 0 aromatic carbocycles. The fraction of sp³-hybridized carbons (Fsp3) is 0.846. The Hall–Kier alpha value is -0.720. The SMILES string of the molecule is CC(C)(C)OCC(=O)NC1CCN(CC(N)=S)CC1. The molecule has 0 saturated carbocycles. The molecule has 1 rings (SSSR count). The number of thiocarbonyl (C=S) groups is 1. The molecule has 1 fully saturated rings. The second-order valence-electron chi connectivity index (χ2n) is 5.99. The zero-order chi connectivity index (χ0) is 14.5. The summed E-state index contributed by atoms with van der Waals surface area (Å²) in [6, 6.07) is 0.235. The molecule has 1 aliphatic rings. The van der Waals surface area contributed by atoms with Gasteiger partial charge in [0.2, 0.25) is 5.91 Å². The van der Waals surface area contributed by atoms with E-state index in [0.717, 1.165) is 25.9 Å². The van der Waals surface area contributed by atoms with Gasteiger partial charge in [-0.05, 0) is 33.6 Å². The molecule has 0 aromatic heterocycles. The van der Waals surface area contributed by atoms with E-state index < -0.39 is 0 Å². The third-order valence-corrected chi connectivity index (χ3v) is 3.10. The van der Waals surface area contributed by atoms with Gasteiger partial charge in [0.25, 0.3) is 0 Å². The van der Waals surface area contributed by atoms with E-state index in [1.807, 2.05) is 20.8 Å². The number of amides is 1. The van der Waals surface area contributed by atoms with Crippen LogP contribution >= 0.6 is 12.2 Å². The first-order valence-corrected chi connectivity index (χ1v) is 7.11. The molecule has 1 saturated heterocycles. The molecule has 3 N–H and O–H groups in total. The number of carbonyl (C=O) groups excluding carboxylic acids is 1. The molecule has 0 aromatic rings. The highest BCUT2D eigenvalue weighted by Gasteiger charge is 2.21. The number of nitrogens with one attached hydrogen (secondary N) is 1. The Balaban J connectivity index is 2.21. The van der Waals surface area contributed by atoms with Gasteiger partial charge in [-0.1, -0.05) is 12.2 Å². The maximum absolute atomic E-state index is 11.7. The van der Waals surface area contributed by atoms with E-state index in [2.05, 4.69) is 10.2 Å². The third kappa shape index (κ3) is 7.44. The fourth-order valence-electron chi connectivity index (χ4n) is 2.01. The van der Waals surface area contributed by atoms with Crippen LogP contribution in [0.2, 0.25) is 0 Å². The molecule has 0 radical (unpaired) electrons. The van der Waals surface area contributed by atoms with E-state index >= 15 is 0 Å². The lowest BCUT2D eigenvalue weighted by atomic mass is 10.1. The van der Waals surface area contributed by atoms with Crippen LogP contribution in [0.4, 0.5) is 0 Å². The average Bonchev–Trinajstić information content (AvgIpc) is 2.28. The Morgan fingerprint density at radius 1 is 1.42 bits per heavy atom. The zero-order valence-corrected chi connectivity index (χ0v) is 12.9. The van der Waals surface area contributed by atoms with E-state index in [1.165, 1.54) is 0 Å². The molecule has 6 heteroatoms. The average molecular weight is 287 g/mol. The molecule has 0 unspecified atom stereocenters. The van der Waals surface area contributed by atoms with Crippen molar-refractivity contribution in [3.05, 3.63) is 0 Å². The summed E-state index contributed by atoms with van der Waals surface area (Å²) >= 11 is 4.89. The van der Waals surface area contributed by atoms with Crippen molar-refractivity contribution in [1.29, 1.82) is 0 Å². The van der Waals surface area contributed by atoms with E-state index in [0.29, 0.717) is 11.5 Å². The number of hydrogen-bond acceptors (Lipinski definition) is 4. The van der Waals surface area contributed by atoms with Crippen molar-refractivity contribution < 1.29 is 9.53 Å². The number of ether oxygens (including phenoxy) is 1. The predicted molar refractivity (Wildman–Crippen MR) is 80.1 cm³/mol. The highest BCUT2D eigenvalue weighted by Crippen LogP contribution is 2.10. The normalized spacial score (nSPS) is 18.3. The first-order valence-electron chi connectivity index (χ1n) is 6.70. The molecule has 0 spiro atoms. The molecule has 110 valence electrons. The molecule has 5 nitrogen and oxygen atoms in total. The summed E-state index contributed by atoms with van der Waals surface area (Å²) in [4.78, 5) is 14.5. The minimum atomic E-state index is -0.280. The minimum Gasteiger partial charge on any atom is -0.392 e. The van der Waals surface area contributed by atoms with Crippen molar-refractivity contribution in [3.63, 3.8) is 0 Å². The van der Waals surface area contributed by atoms with Crippen LogP contribution in [0.15, 0.2) is 0 Å². The van der Waals surface area contributed by atoms with Crippen LogP contribution in [0.3, 0.4) is 0 Å². The van der Waals surface area contributed by atoms with Crippen LogP contribution in [-0.2, 0) is 9.53 Å². The second kappa shape index (κ2) is 7.17. The maximum atomic E-state index is 11.7. The number of piperidine rings is 1. The summed E-state index contributed by atoms with van der Waals surface area (Å²) in [5.41, 5.74) is 5.24. The smallest absolute Gasteiger partial charge is 0.246 e. The van der Waals surface area contributed by atoms with Gasteiger partial charge in [0, 0.05) is 25.7 Å². The van der Waals surface area contributed by atoms with Crippen LogP contribution in [0.1, 0.15) is 33.6 Å². The Bertz CT molecular complexity index is 320. The van der Waals surface area contributed by atoms with Crippen molar-refractivity contribution in [2.75, 3.05) is 26.2 Å². The third-order valence-electron chi connectivity index (χ3n) is 2.97. The molecular formula is C13H25N3O2S. The quantitative estimate of drug-likeness (QED) is 0.728. The van der Waals surface area contributed by atoms with E-state index in [-0.39, 0.29) is 24.2 Å². The monoisotopic (exact) mass is 287 g/mol. The Morgan fingerprint density at radius 3 is 2.47 bits per heavy atom. The van der Waals surface area contributed by atoms with Crippen LogP contribution < -0.4 is 11.1 Å². The molecule has 0 atom stereocenters. The van der Waals surface area contributed by atoms with Gasteiger partial charge < -0.3 is 15.8 Å². The number of rotatable bonds is 5. The molecule has 1 aliphatic heterocycles. The maximum Gasteiger partial charge on any atom is 0.246 e. The fourth-order valence-corrected chi connectivity index (χ4v) is 2.19. The van der Waals surface area contributed by atoms with Gasteiger partial charge in [-0.3, -0.25) is 9.69 Å². The van der Waals surface area contributed by atoms with Gasteiger partial charge >= 0.3 is 0 Å². The summed E-state index contributed by atoms with van der Waals surface area (Å²) in [5.74, 6) is -0.0391. The lowest BCUT2D eigenvalue weighted by Gasteiger charge is -2.32. The largest absolute Gasteiger partial charge is 0.392 e. The first-order chi connectivity index (χ1) is 8.76. The lowest BCUT2D eigenvalue weighted by molar-refractivity contribution is -0.131. The molecule has 19 heavy (non-hydrogen) atoms. The Kier molecular flexibility index (Phi) is 6.16. The molecular weight excluding hydrogens is 262 g/mol. The summed E-state index contributed by atoms with van der Waals surface area (Å²) < 4.78 is 5.45. The molecule has 1 heterocycles. The number of nitrogens with zero attached hydrogens (tertiary/aromatic N) is 1. The lowest BCUT2D eigenvalue weighted by Crippen LogP contribution is -2.47. The molecule has 1 amide bonds. The summed E-state index contributed by atoms with van der Waals surface area (Å²) in [7, 11) is 0. The van der Waals surface area contributed by atoms with Crippen molar-refractivity contribution in [2.45, 2.75) is 45.3 Å². The highest BCUT2D eigenvalue weighted by molar-refractivity contribution is 7.80. The van der Waals surface area contributed by atoms with Crippen LogP contribution in [-0.4, -0.2) is 53.7 Å². The minimum absolute atomic E-state index is 0.0391. The van der Waals surface area contributed by atoms with Crippen molar-refractivity contribution in [2.24, 2.45) is 5.73 Å². The van der Waals surface area contributed by atoms with Crippen LogP contribution in [0.25, 0.3) is 0 Å². The number of likely N-dealkylation sites (tertiary alicyclic amines) is 1. The van der Waals surface area contributed by atoms with Gasteiger partial charge in [-0.25, -0.2) is 0 Å². The van der Waals surface area contributed by atoms with Crippen molar-refractivity contribution in [1.82, 2.24) is 10.2 Å². The van der Waals surface area contributed by atoms with E-state index in [9.17, 15) is 4.79 Å². The molecule has 0 bridgehead atoms. The Morgan fingerprint density at radius 2 is 2.00 bits per heavy atom. The standard InChI is InChI=1S/C13H25N3O2S/c1-13(2,3)18-9-12(17)15-10-4-6-16(7-5-10)8-11(14)19/h10H,4-9H2,1-3H3,(H2,14,19)(H,15,17). The summed E-state index contributed by atoms with van der Waals surface area (Å²) in [5, 5.41) is 3.01. The van der Waals surface area contributed by atoms with Crippen molar-refractivity contribution in [3.8, 4) is 0 Å². The highest BCUT2D eigenvalue weighted by atomic mass is 32.1. The van der Waals surface area contributed by atoms with Gasteiger partial charge in [-0.2, -0.15) is 0 Å². The summed E-state index contributed by atoms with van der Waals surface area (Å²) in [6.45, 7) is 8.45. The van der Waals surface area contributed by atoms with E-state index in [4.69, 9.17) is 22.7 Å². The Labute approximate surface area is 120 Å². The number of carbonyl (C=O) groups is 1. The first kappa shape index (κ1) is 16.3. The van der Waals surface area contributed by atoms with Gasteiger partial charge in [0.05, 0.1) is 10.6 Å². The molecule has 0 aliphatic carbocycles. The number of hydrogen-bond donors (Lipinski definition) is 2.